The van der Waals surface area contributed by atoms with Gasteiger partial charge in [-0.05, 0) is 51.6 Å². The number of carbonyl (C=O) groups is 2. The Hall–Kier alpha value is -1.14. The van der Waals surface area contributed by atoms with Gasteiger partial charge in [0.1, 0.15) is 0 Å². The van der Waals surface area contributed by atoms with Crippen molar-refractivity contribution in [3.05, 3.63) is 0 Å². The Balaban J connectivity index is 3.96. The van der Waals surface area contributed by atoms with Crippen LogP contribution in [0.25, 0.3) is 0 Å². The molecule has 0 aliphatic heterocycles. The third-order valence-electron chi connectivity index (χ3n) is 6.98. The predicted octanol–water partition coefficient (Wildman–Crippen LogP) is 7.06. The van der Waals surface area contributed by atoms with Gasteiger partial charge in [-0.25, -0.2) is 0 Å². The average molecular weight is 514 g/mol. The quantitative estimate of drug-likeness (QED) is 0.0655. The van der Waals surface area contributed by atoms with Gasteiger partial charge in [-0.1, -0.05) is 97.3 Å². The van der Waals surface area contributed by atoms with Gasteiger partial charge in [-0.3, -0.25) is 9.59 Å². The highest BCUT2D eigenvalue weighted by Gasteiger charge is 2.19. The molecule has 0 aliphatic rings. The summed E-state index contributed by atoms with van der Waals surface area (Å²) in [5.41, 5.74) is 0. The standard InChI is InChI=1S/C30H59NO5/c1-3-5-7-8-9-15-21-29(20-14-6-4-2)30(34)36-27-19-13-11-17-23-31(24-25-32)22-16-10-12-18-26-35-28-33/h28-29,32H,3-27H2,1-2H3. The molecule has 0 fully saturated rings. The number of unbranched alkanes of at least 4 members (excludes halogenated alkanes) is 13. The maximum Gasteiger partial charge on any atom is 0.308 e. The lowest BCUT2D eigenvalue weighted by molar-refractivity contribution is -0.149. The third kappa shape index (κ3) is 23.3. The van der Waals surface area contributed by atoms with Crippen LogP contribution in [-0.2, 0) is 19.1 Å². The van der Waals surface area contributed by atoms with Crippen molar-refractivity contribution < 1.29 is 24.2 Å². The molecule has 0 saturated carbocycles. The molecule has 1 atom stereocenters. The molecule has 0 bridgehead atoms. The molecule has 0 aromatic rings. The highest BCUT2D eigenvalue weighted by atomic mass is 16.5. The van der Waals surface area contributed by atoms with Crippen LogP contribution < -0.4 is 0 Å². The molecule has 1 N–H and O–H groups in total. The second-order valence-electron chi connectivity index (χ2n) is 10.3. The third-order valence-corrected chi connectivity index (χ3v) is 6.98. The zero-order valence-corrected chi connectivity index (χ0v) is 23.9. The summed E-state index contributed by atoms with van der Waals surface area (Å²) in [5, 5.41) is 9.34. The lowest BCUT2D eigenvalue weighted by Crippen LogP contribution is -2.29. The van der Waals surface area contributed by atoms with Crippen molar-refractivity contribution in [1.82, 2.24) is 4.90 Å². The minimum atomic E-state index is 0.0338. The molecule has 0 aromatic carbocycles. The smallest absolute Gasteiger partial charge is 0.308 e. The number of esters is 1. The summed E-state index contributed by atoms with van der Waals surface area (Å²) in [6.07, 6.45) is 21.5. The molecular formula is C30H59NO5. The Morgan fingerprint density at radius 2 is 1.19 bits per heavy atom. The van der Waals surface area contributed by atoms with E-state index in [4.69, 9.17) is 9.47 Å². The van der Waals surface area contributed by atoms with E-state index in [9.17, 15) is 14.7 Å². The number of ether oxygens (including phenoxy) is 2. The van der Waals surface area contributed by atoms with Gasteiger partial charge in [-0.2, -0.15) is 0 Å². The molecule has 0 radical (unpaired) electrons. The first-order valence-electron chi connectivity index (χ1n) is 15.2. The van der Waals surface area contributed by atoms with E-state index in [1.54, 1.807) is 0 Å². The number of hydrogen-bond acceptors (Lipinski definition) is 6. The van der Waals surface area contributed by atoms with Crippen molar-refractivity contribution in [2.45, 2.75) is 136 Å². The summed E-state index contributed by atoms with van der Waals surface area (Å²) in [7, 11) is 0. The van der Waals surface area contributed by atoms with E-state index in [1.807, 2.05) is 0 Å². The fourth-order valence-corrected chi connectivity index (χ4v) is 4.67. The van der Waals surface area contributed by atoms with Gasteiger partial charge in [0.25, 0.3) is 6.47 Å². The fourth-order valence-electron chi connectivity index (χ4n) is 4.67. The molecule has 0 aliphatic carbocycles. The predicted molar refractivity (Wildman–Crippen MR) is 149 cm³/mol. The minimum Gasteiger partial charge on any atom is -0.468 e. The first-order valence-corrected chi connectivity index (χ1v) is 15.2. The van der Waals surface area contributed by atoms with E-state index < -0.39 is 0 Å². The molecule has 214 valence electrons. The summed E-state index contributed by atoms with van der Waals surface area (Å²) >= 11 is 0. The summed E-state index contributed by atoms with van der Waals surface area (Å²) in [4.78, 5) is 25.1. The van der Waals surface area contributed by atoms with Crippen LogP contribution in [0.5, 0.6) is 0 Å². The molecule has 36 heavy (non-hydrogen) atoms. The Morgan fingerprint density at radius 1 is 0.694 bits per heavy atom. The summed E-state index contributed by atoms with van der Waals surface area (Å²) in [6.45, 7) is 8.95. The van der Waals surface area contributed by atoms with E-state index in [-0.39, 0.29) is 18.5 Å². The number of aliphatic hydroxyl groups excluding tert-OH is 1. The van der Waals surface area contributed by atoms with E-state index in [0.29, 0.717) is 19.7 Å². The Kier molecular flexibility index (Phi) is 27.5. The summed E-state index contributed by atoms with van der Waals surface area (Å²) < 4.78 is 10.4. The van der Waals surface area contributed by atoms with Crippen molar-refractivity contribution in [2.24, 2.45) is 5.92 Å². The number of hydrogen-bond donors (Lipinski definition) is 1. The summed E-state index contributed by atoms with van der Waals surface area (Å²) in [6, 6.07) is 0. The van der Waals surface area contributed by atoms with E-state index >= 15 is 0 Å². The fraction of sp³-hybridized carbons (Fsp3) is 0.933. The van der Waals surface area contributed by atoms with Crippen LogP contribution in [0.1, 0.15) is 136 Å². The number of nitrogens with zero attached hydrogens (tertiary/aromatic N) is 1. The molecule has 0 aromatic heterocycles. The van der Waals surface area contributed by atoms with Crippen molar-refractivity contribution in [3.8, 4) is 0 Å². The van der Waals surface area contributed by atoms with Crippen LogP contribution in [0, 0.1) is 5.92 Å². The van der Waals surface area contributed by atoms with Crippen LogP contribution >= 0.6 is 0 Å². The lowest BCUT2D eigenvalue weighted by atomic mass is 9.94. The normalized spacial score (nSPS) is 12.1. The molecule has 6 heteroatoms. The van der Waals surface area contributed by atoms with E-state index in [0.717, 1.165) is 96.7 Å². The van der Waals surface area contributed by atoms with Crippen LogP contribution in [-0.4, -0.2) is 61.9 Å². The second-order valence-corrected chi connectivity index (χ2v) is 10.3. The SMILES string of the molecule is CCCCCCCCC(CCCCC)C(=O)OCCCCCCN(CCO)CCCCCCOC=O. The maximum atomic E-state index is 12.7. The van der Waals surface area contributed by atoms with E-state index in [1.165, 1.54) is 44.9 Å². The van der Waals surface area contributed by atoms with Gasteiger partial charge in [0, 0.05) is 6.54 Å². The minimum absolute atomic E-state index is 0.0338. The highest BCUT2D eigenvalue weighted by Crippen LogP contribution is 2.20. The Bertz CT molecular complexity index is 474. The first kappa shape index (κ1) is 34.9. The first-order chi connectivity index (χ1) is 17.7. The van der Waals surface area contributed by atoms with Gasteiger partial charge in [-0.15, -0.1) is 0 Å². The molecule has 1 unspecified atom stereocenters. The zero-order valence-electron chi connectivity index (χ0n) is 23.9. The molecular weight excluding hydrogens is 454 g/mol. The lowest BCUT2D eigenvalue weighted by Gasteiger charge is -2.21. The van der Waals surface area contributed by atoms with Crippen LogP contribution in [0.15, 0.2) is 0 Å². The molecule has 0 amide bonds. The van der Waals surface area contributed by atoms with Crippen LogP contribution in [0.2, 0.25) is 0 Å². The number of rotatable bonds is 29. The molecule has 6 nitrogen and oxygen atoms in total. The van der Waals surface area contributed by atoms with Crippen molar-refractivity contribution in [3.63, 3.8) is 0 Å². The van der Waals surface area contributed by atoms with Gasteiger partial charge in [0.2, 0.25) is 0 Å². The van der Waals surface area contributed by atoms with Gasteiger partial charge >= 0.3 is 5.97 Å². The average Bonchev–Trinajstić information content (AvgIpc) is 2.88. The zero-order chi connectivity index (χ0) is 26.5. The van der Waals surface area contributed by atoms with Crippen molar-refractivity contribution in [2.75, 3.05) is 39.5 Å². The highest BCUT2D eigenvalue weighted by molar-refractivity contribution is 5.72. The molecule has 0 spiro atoms. The van der Waals surface area contributed by atoms with Gasteiger partial charge < -0.3 is 19.5 Å². The molecule has 0 saturated heterocycles. The molecule has 0 heterocycles. The van der Waals surface area contributed by atoms with Crippen molar-refractivity contribution >= 4 is 12.4 Å². The molecule has 0 rings (SSSR count). The van der Waals surface area contributed by atoms with Crippen molar-refractivity contribution in [1.29, 1.82) is 0 Å². The Morgan fingerprint density at radius 3 is 1.81 bits per heavy atom. The van der Waals surface area contributed by atoms with Crippen LogP contribution in [0.3, 0.4) is 0 Å². The second kappa shape index (κ2) is 28.4. The number of aliphatic hydroxyl groups is 1. The topological polar surface area (TPSA) is 76.1 Å². The van der Waals surface area contributed by atoms with Gasteiger partial charge in [0.15, 0.2) is 0 Å². The Labute approximate surface area is 222 Å². The number of carbonyl (C=O) groups excluding carboxylic acids is 2. The van der Waals surface area contributed by atoms with Crippen LogP contribution in [0.4, 0.5) is 0 Å². The van der Waals surface area contributed by atoms with E-state index in [2.05, 4.69) is 18.7 Å². The summed E-state index contributed by atoms with van der Waals surface area (Å²) in [5.74, 6) is 0.124. The monoisotopic (exact) mass is 513 g/mol. The largest absolute Gasteiger partial charge is 0.468 e. The maximum absolute atomic E-state index is 12.7. The van der Waals surface area contributed by atoms with Gasteiger partial charge in [0.05, 0.1) is 25.7 Å².